The highest BCUT2D eigenvalue weighted by Crippen LogP contribution is 2.32. The van der Waals surface area contributed by atoms with Gasteiger partial charge in [-0.25, -0.2) is 22.8 Å². The number of nitrogens with zero attached hydrogens (tertiary/aromatic N) is 5. The fourth-order valence-corrected chi connectivity index (χ4v) is 5.10. The molecule has 13 heteroatoms. The van der Waals surface area contributed by atoms with Crippen molar-refractivity contribution in [1.29, 1.82) is 0 Å². The maximum atomic E-state index is 13.4. The Bertz CT molecular complexity index is 1190. The number of halogens is 3. The highest BCUT2D eigenvalue weighted by molar-refractivity contribution is 7.90. The van der Waals surface area contributed by atoms with Crippen molar-refractivity contribution >= 4 is 16.0 Å². The summed E-state index contributed by atoms with van der Waals surface area (Å²) in [6, 6.07) is 5.12. The third-order valence-electron chi connectivity index (χ3n) is 5.15. The zero-order valence-electron chi connectivity index (χ0n) is 17.5. The quantitative estimate of drug-likeness (QED) is 0.442. The summed E-state index contributed by atoms with van der Waals surface area (Å²) in [7, 11) is -3.44. The molecule has 34 heavy (non-hydrogen) atoms. The highest BCUT2D eigenvalue weighted by atomic mass is 32.2. The van der Waals surface area contributed by atoms with Gasteiger partial charge in [-0.2, -0.15) is 13.1 Å². The van der Waals surface area contributed by atoms with E-state index in [-0.39, 0.29) is 43.2 Å². The SMILES string of the molecule is C.CCN(CC(Nc1ncc(-c2nnc(C(F)F)o2)cn1)c1ccc(F)cc1)S(=O)(=O)C1CC1. The number of nitrogens with one attached hydrogen (secondary N) is 1. The van der Waals surface area contributed by atoms with Gasteiger partial charge in [-0.05, 0) is 30.5 Å². The van der Waals surface area contributed by atoms with Crippen LogP contribution in [-0.2, 0) is 10.0 Å². The number of sulfonamides is 1. The van der Waals surface area contributed by atoms with Crippen LogP contribution in [0.3, 0.4) is 0 Å². The van der Waals surface area contributed by atoms with Crippen LogP contribution in [0.15, 0.2) is 41.1 Å². The number of rotatable bonds is 10. The van der Waals surface area contributed by atoms with Crippen molar-refractivity contribution in [1.82, 2.24) is 24.5 Å². The Morgan fingerprint density at radius 3 is 2.32 bits per heavy atom. The second-order valence-corrected chi connectivity index (χ2v) is 9.70. The van der Waals surface area contributed by atoms with Gasteiger partial charge in [0.25, 0.3) is 11.8 Å². The third-order valence-corrected chi connectivity index (χ3v) is 7.59. The van der Waals surface area contributed by atoms with Crippen molar-refractivity contribution in [3.05, 3.63) is 53.9 Å². The molecule has 1 atom stereocenters. The van der Waals surface area contributed by atoms with Crippen LogP contribution < -0.4 is 5.32 Å². The first kappa shape index (κ1) is 25.6. The van der Waals surface area contributed by atoms with Crippen molar-refractivity contribution in [3.63, 3.8) is 0 Å². The van der Waals surface area contributed by atoms with E-state index in [4.69, 9.17) is 4.42 Å². The number of aromatic nitrogens is 4. The predicted octanol–water partition coefficient (Wildman–Crippen LogP) is 4.21. The summed E-state index contributed by atoms with van der Waals surface area (Å²) in [5, 5.41) is 9.52. The minimum atomic E-state index is -3.44. The fourth-order valence-electron chi connectivity index (χ4n) is 3.23. The van der Waals surface area contributed by atoms with E-state index in [1.165, 1.54) is 28.8 Å². The molecular weight excluding hydrogens is 473 g/mol. The van der Waals surface area contributed by atoms with Crippen molar-refractivity contribution in [3.8, 4) is 11.5 Å². The minimum absolute atomic E-state index is 0. The van der Waals surface area contributed by atoms with Crippen molar-refractivity contribution in [2.24, 2.45) is 0 Å². The summed E-state index contributed by atoms with van der Waals surface area (Å²) in [6.07, 6.45) is 1.02. The normalized spacial score (nSPS) is 14.8. The molecule has 1 aliphatic rings. The van der Waals surface area contributed by atoms with Crippen LogP contribution in [0.4, 0.5) is 19.1 Å². The first-order chi connectivity index (χ1) is 15.8. The first-order valence-electron chi connectivity index (χ1n) is 10.2. The van der Waals surface area contributed by atoms with Crippen LogP contribution in [0.5, 0.6) is 0 Å². The van der Waals surface area contributed by atoms with Gasteiger partial charge in [0, 0.05) is 25.5 Å². The Morgan fingerprint density at radius 2 is 1.79 bits per heavy atom. The molecule has 1 aromatic carbocycles. The van der Waals surface area contributed by atoms with E-state index in [9.17, 15) is 21.6 Å². The van der Waals surface area contributed by atoms with Crippen LogP contribution in [0.1, 0.15) is 51.1 Å². The number of hydrogen-bond acceptors (Lipinski definition) is 8. The van der Waals surface area contributed by atoms with E-state index in [0.29, 0.717) is 18.4 Å². The van der Waals surface area contributed by atoms with Gasteiger partial charge in [0.1, 0.15) is 5.82 Å². The molecule has 9 nitrogen and oxygen atoms in total. The molecule has 2 heterocycles. The van der Waals surface area contributed by atoms with E-state index in [1.807, 2.05) is 0 Å². The summed E-state index contributed by atoms with van der Waals surface area (Å²) in [6.45, 7) is 2.13. The molecule has 3 aromatic rings. The largest absolute Gasteiger partial charge is 0.415 e. The monoisotopic (exact) mass is 498 g/mol. The molecule has 1 fully saturated rings. The van der Waals surface area contributed by atoms with E-state index in [2.05, 4.69) is 25.5 Å². The van der Waals surface area contributed by atoms with E-state index in [1.54, 1.807) is 19.1 Å². The van der Waals surface area contributed by atoms with Gasteiger partial charge in [0.2, 0.25) is 16.0 Å². The van der Waals surface area contributed by atoms with Crippen LogP contribution >= 0.6 is 0 Å². The highest BCUT2D eigenvalue weighted by Gasteiger charge is 2.40. The summed E-state index contributed by atoms with van der Waals surface area (Å²) in [4.78, 5) is 8.31. The lowest BCUT2D eigenvalue weighted by Crippen LogP contribution is -2.38. The van der Waals surface area contributed by atoms with Gasteiger partial charge in [0.05, 0.1) is 16.9 Å². The Labute approximate surface area is 195 Å². The van der Waals surface area contributed by atoms with Crippen molar-refractivity contribution in [2.45, 2.75) is 44.9 Å². The Morgan fingerprint density at radius 1 is 1.15 bits per heavy atom. The van der Waals surface area contributed by atoms with Crippen molar-refractivity contribution in [2.75, 3.05) is 18.4 Å². The van der Waals surface area contributed by atoms with Gasteiger partial charge in [-0.3, -0.25) is 0 Å². The molecule has 2 aromatic heterocycles. The number of likely N-dealkylation sites (N-methyl/N-ethyl adjacent to an activating group) is 1. The molecule has 0 amide bonds. The predicted molar refractivity (Wildman–Crippen MR) is 119 cm³/mol. The number of anilines is 1. The van der Waals surface area contributed by atoms with Gasteiger partial charge < -0.3 is 9.73 Å². The second-order valence-electron chi connectivity index (χ2n) is 7.48. The maximum Gasteiger partial charge on any atom is 0.314 e. The molecule has 4 rings (SSSR count). The molecule has 0 spiro atoms. The summed E-state index contributed by atoms with van der Waals surface area (Å²) < 4.78 is 70.6. The lowest BCUT2D eigenvalue weighted by molar-refractivity contribution is 0.116. The van der Waals surface area contributed by atoms with Gasteiger partial charge in [-0.1, -0.05) is 26.5 Å². The summed E-state index contributed by atoms with van der Waals surface area (Å²) in [5.41, 5.74) is 0.886. The van der Waals surface area contributed by atoms with Gasteiger partial charge in [0.15, 0.2) is 0 Å². The molecule has 0 aliphatic heterocycles. The van der Waals surface area contributed by atoms with Gasteiger partial charge >= 0.3 is 6.43 Å². The van der Waals surface area contributed by atoms with E-state index < -0.39 is 34.2 Å². The van der Waals surface area contributed by atoms with E-state index in [0.717, 1.165) is 0 Å². The molecule has 1 saturated carbocycles. The van der Waals surface area contributed by atoms with E-state index >= 15 is 0 Å². The summed E-state index contributed by atoms with van der Waals surface area (Å²) in [5.74, 6) is -1.22. The molecule has 1 N–H and O–H groups in total. The third kappa shape index (κ3) is 5.70. The molecule has 1 aliphatic carbocycles. The zero-order valence-corrected chi connectivity index (χ0v) is 18.3. The number of hydrogen-bond donors (Lipinski definition) is 1. The first-order valence-corrected chi connectivity index (χ1v) is 11.7. The topological polar surface area (TPSA) is 114 Å². The summed E-state index contributed by atoms with van der Waals surface area (Å²) >= 11 is 0. The van der Waals surface area contributed by atoms with Crippen LogP contribution in [0.25, 0.3) is 11.5 Å². The average Bonchev–Trinajstić information content (AvgIpc) is 3.55. The van der Waals surface area contributed by atoms with Crippen LogP contribution in [-0.4, -0.2) is 51.2 Å². The lowest BCUT2D eigenvalue weighted by atomic mass is 10.1. The minimum Gasteiger partial charge on any atom is -0.415 e. The molecule has 0 bridgehead atoms. The smallest absolute Gasteiger partial charge is 0.314 e. The van der Waals surface area contributed by atoms with Gasteiger partial charge in [-0.15, -0.1) is 10.2 Å². The molecule has 0 radical (unpaired) electrons. The molecule has 0 saturated heterocycles. The van der Waals surface area contributed by atoms with Crippen LogP contribution in [0.2, 0.25) is 0 Å². The molecule has 184 valence electrons. The average molecular weight is 499 g/mol. The number of benzene rings is 1. The lowest BCUT2D eigenvalue weighted by Gasteiger charge is -2.27. The number of alkyl halides is 2. The Balaban J connectivity index is 0.00000324. The Kier molecular flexibility index (Phi) is 7.87. The zero-order chi connectivity index (χ0) is 23.6. The van der Waals surface area contributed by atoms with Crippen molar-refractivity contribution < 1.29 is 26.0 Å². The fraction of sp³-hybridized carbons (Fsp3) is 0.429. The standard InChI is InChI=1S/C20H21F3N6O3S.CH4/c1-2-29(33(30,31)15-7-8-15)11-16(12-3-5-14(21)6-4-12)26-20-24-9-13(10-25-20)18-27-28-19(32-18)17(22)23;/h3-6,9-10,15-17H,2,7-8,11H2,1H3,(H,24,25,26);1H4. The second kappa shape index (κ2) is 10.5. The maximum absolute atomic E-state index is 13.4. The Hall–Kier alpha value is -3.06. The molecular formula is C21H25F3N6O3S. The van der Waals surface area contributed by atoms with Crippen LogP contribution in [0, 0.1) is 5.82 Å². The molecule has 1 unspecified atom stereocenters.